The number of para-hydroxylation sites is 1. The van der Waals surface area contributed by atoms with E-state index in [4.69, 9.17) is 4.74 Å². The minimum absolute atomic E-state index is 0.0152. The number of fused-ring (bicyclic) bond motifs is 1. The summed E-state index contributed by atoms with van der Waals surface area (Å²) in [6.07, 6.45) is 4.88. The van der Waals surface area contributed by atoms with Crippen molar-refractivity contribution in [2.75, 3.05) is 33.8 Å². The summed E-state index contributed by atoms with van der Waals surface area (Å²) < 4.78 is 5.78. The average Bonchev–Trinajstić information content (AvgIpc) is 2.95. The van der Waals surface area contributed by atoms with Crippen LogP contribution >= 0.6 is 0 Å². The zero-order valence-electron chi connectivity index (χ0n) is 15.0. The fourth-order valence-electron chi connectivity index (χ4n) is 3.80. The first-order valence-corrected chi connectivity index (χ1v) is 8.81. The van der Waals surface area contributed by atoms with E-state index in [9.17, 15) is 4.79 Å². The molecule has 1 heterocycles. The molecule has 0 spiro atoms. The number of ether oxygens (including phenoxy) is 1. The van der Waals surface area contributed by atoms with Gasteiger partial charge >= 0.3 is 0 Å². The standard InChI is InChI=1S/C20H28N2O2/c1-15-8-9-16-11-22(13-18(16)10-15)12-17-6-4-5-7-19(17)24-14-20(23)21(2)3/h4-8,16,18H,9-14H2,1-3H3/t16-,18+/m1/s1. The Hall–Kier alpha value is -1.81. The topological polar surface area (TPSA) is 32.8 Å². The Morgan fingerprint density at radius 1 is 1.25 bits per heavy atom. The number of benzene rings is 1. The highest BCUT2D eigenvalue weighted by atomic mass is 16.5. The molecule has 2 atom stereocenters. The van der Waals surface area contributed by atoms with Crippen LogP contribution in [-0.4, -0.2) is 49.5 Å². The van der Waals surface area contributed by atoms with Crippen molar-refractivity contribution >= 4 is 5.91 Å². The van der Waals surface area contributed by atoms with Crippen LogP contribution in [0.2, 0.25) is 0 Å². The van der Waals surface area contributed by atoms with Gasteiger partial charge in [-0.25, -0.2) is 0 Å². The summed E-state index contributed by atoms with van der Waals surface area (Å²) in [5.74, 6) is 2.42. The molecule has 0 saturated carbocycles. The number of nitrogens with zero attached hydrogens (tertiary/aromatic N) is 2. The molecule has 1 fully saturated rings. The second kappa shape index (κ2) is 7.39. The maximum Gasteiger partial charge on any atom is 0.259 e. The van der Waals surface area contributed by atoms with Crippen molar-refractivity contribution in [3.63, 3.8) is 0 Å². The Kier molecular flexibility index (Phi) is 5.24. The van der Waals surface area contributed by atoms with Gasteiger partial charge in [0.25, 0.3) is 5.91 Å². The molecule has 0 unspecified atom stereocenters. The number of amides is 1. The highest BCUT2D eigenvalue weighted by Crippen LogP contribution is 2.36. The van der Waals surface area contributed by atoms with Crippen molar-refractivity contribution in [3.05, 3.63) is 41.5 Å². The molecule has 3 rings (SSSR count). The third kappa shape index (κ3) is 3.99. The monoisotopic (exact) mass is 328 g/mol. The van der Waals surface area contributed by atoms with Crippen molar-refractivity contribution in [2.24, 2.45) is 11.8 Å². The zero-order chi connectivity index (χ0) is 17.1. The first-order chi connectivity index (χ1) is 11.5. The van der Waals surface area contributed by atoms with E-state index in [1.54, 1.807) is 24.6 Å². The fourth-order valence-corrected chi connectivity index (χ4v) is 3.80. The van der Waals surface area contributed by atoms with Crippen LogP contribution in [0.25, 0.3) is 0 Å². The minimum Gasteiger partial charge on any atom is -0.483 e. The Morgan fingerprint density at radius 2 is 2.00 bits per heavy atom. The lowest BCUT2D eigenvalue weighted by Crippen LogP contribution is -2.28. The maximum atomic E-state index is 11.8. The number of hydrogen-bond acceptors (Lipinski definition) is 3. The predicted molar refractivity (Wildman–Crippen MR) is 95.9 cm³/mol. The molecule has 0 N–H and O–H groups in total. The number of rotatable bonds is 5. The molecule has 1 aliphatic carbocycles. The van der Waals surface area contributed by atoms with Crippen molar-refractivity contribution < 1.29 is 9.53 Å². The normalized spacial score (nSPS) is 23.5. The molecule has 4 heteroatoms. The average molecular weight is 328 g/mol. The SMILES string of the molecule is CC1=CC[C@@H]2CN(Cc3ccccc3OCC(=O)N(C)C)C[C@@H]2C1. The molecule has 1 saturated heterocycles. The summed E-state index contributed by atoms with van der Waals surface area (Å²) >= 11 is 0. The fraction of sp³-hybridized carbons (Fsp3) is 0.550. The van der Waals surface area contributed by atoms with E-state index in [-0.39, 0.29) is 12.5 Å². The predicted octanol–water partition coefficient (Wildman–Crippen LogP) is 2.94. The van der Waals surface area contributed by atoms with Crippen LogP contribution in [0, 0.1) is 11.8 Å². The van der Waals surface area contributed by atoms with Crippen molar-refractivity contribution in [1.82, 2.24) is 9.80 Å². The number of carbonyl (C=O) groups excluding carboxylic acids is 1. The Labute approximate surface area is 145 Å². The minimum atomic E-state index is -0.0152. The molecule has 0 aromatic heterocycles. The molecule has 0 radical (unpaired) electrons. The molecule has 2 aliphatic rings. The van der Waals surface area contributed by atoms with E-state index in [2.05, 4.69) is 24.0 Å². The van der Waals surface area contributed by atoms with E-state index < -0.39 is 0 Å². The number of likely N-dealkylation sites (tertiary alicyclic amines) is 1. The Bertz CT molecular complexity index is 624. The van der Waals surface area contributed by atoms with Gasteiger partial charge in [0.15, 0.2) is 6.61 Å². The van der Waals surface area contributed by atoms with Crippen LogP contribution in [-0.2, 0) is 11.3 Å². The summed E-state index contributed by atoms with van der Waals surface area (Å²) in [7, 11) is 3.50. The van der Waals surface area contributed by atoms with Gasteiger partial charge in [-0.15, -0.1) is 0 Å². The van der Waals surface area contributed by atoms with Crippen LogP contribution in [0.15, 0.2) is 35.9 Å². The maximum absolute atomic E-state index is 11.8. The van der Waals surface area contributed by atoms with Gasteiger partial charge in [-0.1, -0.05) is 29.8 Å². The third-order valence-corrected chi connectivity index (χ3v) is 5.22. The molecular formula is C20H28N2O2. The number of hydrogen-bond donors (Lipinski definition) is 0. The lowest BCUT2D eigenvalue weighted by atomic mass is 9.83. The lowest BCUT2D eigenvalue weighted by molar-refractivity contribution is -0.130. The number of carbonyl (C=O) groups is 1. The van der Waals surface area contributed by atoms with Crippen LogP contribution < -0.4 is 4.74 Å². The Balaban J connectivity index is 1.61. The molecule has 1 aromatic rings. The van der Waals surface area contributed by atoms with E-state index in [1.165, 1.54) is 31.5 Å². The largest absolute Gasteiger partial charge is 0.483 e. The Morgan fingerprint density at radius 3 is 2.79 bits per heavy atom. The molecule has 1 aromatic carbocycles. The van der Waals surface area contributed by atoms with Crippen LogP contribution in [0.5, 0.6) is 5.75 Å². The molecule has 1 amide bonds. The van der Waals surface area contributed by atoms with Crippen molar-refractivity contribution in [3.8, 4) is 5.75 Å². The quantitative estimate of drug-likeness (QED) is 0.779. The van der Waals surface area contributed by atoms with Gasteiger partial charge in [0.2, 0.25) is 0 Å². The number of likely N-dealkylation sites (N-methyl/N-ethyl adjacent to an activating group) is 1. The first-order valence-electron chi connectivity index (χ1n) is 8.81. The molecule has 1 aliphatic heterocycles. The number of allylic oxidation sites excluding steroid dienone is 2. The smallest absolute Gasteiger partial charge is 0.259 e. The van der Waals surface area contributed by atoms with E-state index in [0.29, 0.717) is 0 Å². The van der Waals surface area contributed by atoms with E-state index in [1.807, 2.05) is 18.2 Å². The van der Waals surface area contributed by atoms with Gasteiger partial charge in [-0.2, -0.15) is 0 Å². The highest BCUT2D eigenvalue weighted by molar-refractivity contribution is 5.77. The van der Waals surface area contributed by atoms with Gasteiger partial charge in [0, 0.05) is 39.3 Å². The van der Waals surface area contributed by atoms with Gasteiger partial charge < -0.3 is 9.64 Å². The molecule has 0 bridgehead atoms. The van der Waals surface area contributed by atoms with E-state index in [0.717, 1.165) is 24.1 Å². The summed E-state index contributed by atoms with van der Waals surface area (Å²) in [4.78, 5) is 15.9. The summed E-state index contributed by atoms with van der Waals surface area (Å²) in [6, 6.07) is 8.09. The molecular weight excluding hydrogens is 300 g/mol. The first kappa shape index (κ1) is 17.0. The summed E-state index contributed by atoms with van der Waals surface area (Å²) in [5, 5.41) is 0. The highest BCUT2D eigenvalue weighted by Gasteiger charge is 2.34. The van der Waals surface area contributed by atoms with Gasteiger partial charge in [0.1, 0.15) is 5.75 Å². The molecule has 130 valence electrons. The van der Waals surface area contributed by atoms with Gasteiger partial charge in [-0.05, 0) is 37.7 Å². The lowest BCUT2D eigenvalue weighted by Gasteiger charge is -2.22. The molecule has 24 heavy (non-hydrogen) atoms. The van der Waals surface area contributed by atoms with Crippen LogP contribution in [0.1, 0.15) is 25.3 Å². The van der Waals surface area contributed by atoms with Crippen molar-refractivity contribution in [1.29, 1.82) is 0 Å². The molecule has 4 nitrogen and oxygen atoms in total. The van der Waals surface area contributed by atoms with Gasteiger partial charge in [0.05, 0.1) is 0 Å². The summed E-state index contributed by atoms with van der Waals surface area (Å²) in [6.45, 7) is 5.58. The second-order valence-electron chi connectivity index (χ2n) is 7.39. The third-order valence-electron chi connectivity index (χ3n) is 5.22. The van der Waals surface area contributed by atoms with Crippen LogP contribution in [0.4, 0.5) is 0 Å². The van der Waals surface area contributed by atoms with Gasteiger partial charge in [-0.3, -0.25) is 9.69 Å². The van der Waals surface area contributed by atoms with Crippen LogP contribution in [0.3, 0.4) is 0 Å². The van der Waals surface area contributed by atoms with Crippen molar-refractivity contribution in [2.45, 2.75) is 26.3 Å². The zero-order valence-corrected chi connectivity index (χ0v) is 15.0. The van der Waals surface area contributed by atoms with E-state index >= 15 is 0 Å². The second-order valence-corrected chi connectivity index (χ2v) is 7.39. The summed E-state index contributed by atoms with van der Waals surface area (Å²) in [5.41, 5.74) is 2.72.